The molecule has 1 heterocycles. The van der Waals surface area contributed by atoms with Gasteiger partial charge in [0.1, 0.15) is 17.3 Å². The zero-order chi connectivity index (χ0) is 17.8. The first kappa shape index (κ1) is 16.7. The van der Waals surface area contributed by atoms with Crippen molar-refractivity contribution < 1.29 is 18.4 Å². The summed E-state index contributed by atoms with van der Waals surface area (Å²) >= 11 is 0. The third-order valence-corrected chi connectivity index (χ3v) is 3.76. The quantitative estimate of drug-likeness (QED) is 0.759. The molecule has 6 heteroatoms. The fourth-order valence-corrected chi connectivity index (χ4v) is 2.22. The van der Waals surface area contributed by atoms with Crippen LogP contribution in [0.4, 0.5) is 10.3 Å². The van der Waals surface area contributed by atoms with Gasteiger partial charge in [0.2, 0.25) is 5.88 Å². The Balaban J connectivity index is 1.58. The van der Waals surface area contributed by atoms with E-state index in [1.807, 2.05) is 32.0 Å². The molecule has 0 aliphatic rings. The van der Waals surface area contributed by atoms with Crippen LogP contribution in [0.15, 0.2) is 53.1 Å². The Bertz CT molecular complexity index is 888. The fourth-order valence-electron chi connectivity index (χ4n) is 2.22. The summed E-state index contributed by atoms with van der Waals surface area (Å²) in [7, 11) is 0. The normalized spacial score (nSPS) is 10.5. The van der Waals surface area contributed by atoms with Gasteiger partial charge in [-0.2, -0.15) is 0 Å². The average molecular weight is 340 g/mol. The molecule has 2 aromatic carbocycles. The van der Waals surface area contributed by atoms with Crippen LogP contribution in [-0.2, 0) is 4.79 Å². The van der Waals surface area contributed by atoms with Crippen molar-refractivity contribution in [2.45, 2.75) is 13.8 Å². The lowest BCUT2D eigenvalue weighted by Crippen LogP contribution is -2.19. The van der Waals surface area contributed by atoms with Crippen LogP contribution in [0.25, 0.3) is 11.3 Å². The highest BCUT2D eigenvalue weighted by Crippen LogP contribution is 2.22. The zero-order valence-electron chi connectivity index (χ0n) is 13.9. The number of amides is 1. The molecule has 128 valence electrons. The summed E-state index contributed by atoms with van der Waals surface area (Å²) in [6, 6.07) is 13.0. The van der Waals surface area contributed by atoms with Gasteiger partial charge < -0.3 is 9.26 Å². The van der Waals surface area contributed by atoms with Gasteiger partial charge >= 0.3 is 0 Å². The summed E-state index contributed by atoms with van der Waals surface area (Å²) in [5.74, 6) is 0.139. The number of aromatic nitrogens is 1. The first-order chi connectivity index (χ1) is 12.0. The van der Waals surface area contributed by atoms with Gasteiger partial charge in [-0.1, -0.05) is 11.2 Å². The van der Waals surface area contributed by atoms with E-state index in [1.54, 1.807) is 18.2 Å². The van der Waals surface area contributed by atoms with E-state index in [1.165, 1.54) is 12.1 Å². The number of nitrogens with one attached hydrogen (secondary N) is 1. The van der Waals surface area contributed by atoms with Crippen molar-refractivity contribution in [3.8, 4) is 17.0 Å². The molecule has 1 amide bonds. The van der Waals surface area contributed by atoms with Gasteiger partial charge in [0.15, 0.2) is 6.61 Å². The van der Waals surface area contributed by atoms with E-state index in [0.717, 1.165) is 11.1 Å². The van der Waals surface area contributed by atoms with E-state index in [2.05, 4.69) is 10.5 Å². The van der Waals surface area contributed by atoms with Gasteiger partial charge in [0.25, 0.3) is 5.91 Å². The van der Waals surface area contributed by atoms with E-state index >= 15 is 0 Å². The summed E-state index contributed by atoms with van der Waals surface area (Å²) in [5.41, 5.74) is 3.45. The Morgan fingerprint density at radius 3 is 2.60 bits per heavy atom. The number of hydrogen-bond acceptors (Lipinski definition) is 4. The van der Waals surface area contributed by atoms with E-state index in [-0.39, 0.29) is 24.2 Å². The van der Waals surface area contributed by atoms with Crippen molar-refractivity contribution in [2.75, 3.05) is 11.9 Å². The maximum absolute atomic E-state index is 12.9. The lowest BCUT2D eigenvalue weighted by Gasteiger charge is -2.07. The fraction of sp³-hybridized carbons (Fsp3) is 0.158. The molecule has 0 aliphatic carbocycles. The first-order valence-corrected chi connectivity index (χ1v) is 7.74. The van der Waals surface area contributed by atoms with Crippen molar-refractivity contribution in [1.82, 2.24) is 5.16 Å². The number of carbonyl (C=O) groups excluding carboxylic acids is 1. The minimum absolute atomic E-state index is 0.144. The third kappa shape index (κ3) is 4.23. The Hall–Kier alpha value is -3.15. The Kier molecular flexibility index (Phi) is 4.79. The number of halogens is 1. The van der Waals surface area contributed by atoms with Crippen LogP contribution in [0, 0.1) is 19.7 Å². The Labute approximate surface area is 144 Å². The molecule has 0 fully saturated rings. The number of aryl methyl sites for hydroxylation is 2. The highest BCUT2D eigenvalue weighted by molar-refractivity contribution is 5.91. The lowest BCUT2D eigenvalue weighted by molar-refractivity contribution is -0.118. The summed E-state index contributed by atoms with van der Waals surface area (Å²) in [4.78, 5) is 12.0. The molecule has 0 aliphatic heterocycles. The molecular formula is C19H17FN2O3. The van der Waals surface area contributed by atoms with Crippen LogP contribution in [0.2, 0.25) is 0 Å². The number of ether oxygens (including phenoxy) is 1. The van der Waals surface area contributed by atoms with Crippen molar-refractivity contribution in [3.63, 3.8) is 0 Å². The molecule has 0 unspecified atom stereocenters. The molecular weight excluding hydrogens is 323 g/mol. The summed E-state index contributed by atoms with van der Waals surface area (Å²) in [5, 5.41) is 6.43. The molecule has 0 bridgehead atoms. The second kappa shape index (κ2) is 7.17. The molecule has 3 rings (SSSR count). The van der Waals surface area contributed by atoms with Crippen LogP contribution in [0.1, 0.15) is 11.1 Å². The Morgan fingerprint density at radius 1 is 1.12 bits per heavy atom. The molecule has 5 nitrogen and oxygen atoms in total. The van der Waals surface area contributed by atoms with Crippen LogP contribution < -0.4 is 10.1 Å². The second-order valence-corrected chi connectivity index (χ2v) is 5.67. The topological polar surface area (TPSA) is 64.4 Å². The first-order valence-electron chi connectivity index (χ1n) is 7.74. The highest BCUT2D eigenvalue weighted by atomic mass is 19.1. The van der Waals surface area contributed by atoms with Crippen molar-refractivity contribution in [2.24, 2.45) is 0 Å². The number of carbonyl (C=O) groups is 1. The van der Waals surface area contributed by atoms with Crippen LogP contribution in [0.3, 0.4) is 0 Å². The SMILES string of the molecule is Cc1ccc(OCC(=O)Nc2cc(-c3ccc(F)cc3)no2)cc1C. The van der Waals surface area contributed by atoms with Gasteiger partial charge in [0.05, 0.1) is 0 Å². The maximum atomic E-state index is 12.9. The van der Waals surface area contributed by atoms with E-state index in [0.29, 0.717) is 17.0 Å². The number of benzene rings is 2. The van der Waals surface area contributed by atoms with E-state index in [4.69, 9.17) is 9.26 Å². The van der Waals surface area contributed by atoms with Crippen molar-refractivity contribution in [3.05, 3.63) is 65.5 Å². The minimum atomic E-state index is -0.361. The Morgan fingerprint density at radius 2 is 1.88 bits per heavy atom. The van der Waals surface area contributed by atoms with Crippen molar-refractivity contribution >= 4 is 11.8 Å². The number of rotatable bonds is 5. The van der Waals surface area contributed by atoms with Crippen LogP contribution in [0.5, 0.6) is 5.75 Å². The molecule has 3 aromatic rings. The number of nitrogens with zero attached hydrogens (tertiary/aromatic N) is 1. The highest BCUT2D eigenvalue weighted by Gasteiger charge is 2.10. The summed E-state index contributed by atoms with van der Waals surface area (Å²) in [6.45, 7) is 3.84. The predicted octanol–water partition coefficient (Wildman–Crippen LogP) is 4.12. The molecule has 1 aromatic heterocycles. The van der Waals surface area contributed by atoms with Gasteiger partial charge in [-0.3, -0.25) is 10.1 Å². The summed E-state index contributed by atoms with van der Waals surface area (Å²) < 4.78 is 23.5. The van der Waals surface area contributed by atoms with Gasteiger partial charge in [0, 0.05) is 11.6 Å². The number of hydrogen-bond donors (Lipinski definition) is 1. The molecule has 0 saturated heterocycles. The van der Waals surface area contributed by atoms with Crippen molar-refractivity contribution in [1.29, 1.82) is 0 Å². The maximum Gasteiger partial charge on any atom is 0.264 e. The average Bonchev–Trinajstić information content (AvgIpc) is 3.05. The monoisotopic (exact) mass is 340 g/mol. The largest absolute Gasteiger partial charge is 0.484 e. The molecule has 0 spiro atoms. The van der Waals surface area contributed by atoms with Crippen LogP contribution in [-0.4, -0.2) is 17.7 Å². The predicted molar refractivity (Wildman–Crippen MR) is 91.9 cm³/mol. The third-order valence-electron chi connectivity index (χ3n) is 3.76. The summed E-state index contributed by atoms with van der Waals surface area (Å²) in [6.07, 6.45) is 0. The van der Waals surface area contributed by atoms with E-state index in [9.17, 15) is 9.18 Å². The zero-order valence-corrected chi connectivity index (χ0v) is 13.9. The molecule has 0 atom stereocenters. The molecule has 25 heavy (non-hydrogen) atoms. The molecule has 1 N–H and O–H groups in total. The minimum Gasteiger partial charge on any atom is -0.484 e. The van der Waals surface area contributed by atoms with Gasteiger partial charge in [-0.05, 0) is 61.4 Å². The second-order valence-electron chi connectivity index (χ2n) is 5.67. The standard InChI is InChI=1S/C19H17FN2O3/c1-12-3-8-16(9-13(12)2)24-11-18(23)21-19-10-17(22-25-19)14-4-6-15(20)7-5-14/h3-10H,11H2,1-2H3,(H,21,23). The smallest absolute Gasteiger partial charge is 0.264 e. The molecule has 0 saturated carbocycles. The van der Waals surface area contributed by atoms with Crippen LogP contribution >= 0.6 is 0 Å². The number of anilines is 1. The molecule has 0 radical (unpaired) electrons. The van der Waals surface area contributed by atoms with E-state index < -0.39 is 0 Å². The van der Waals surface area contributed by atoms with Gasteiger partial charge in [-0.25, -0.2) is 4.39 Å². The van der Waals surface area contributed by atoms with Gasteiger partial charge in [-0.15, -0.1) is 0 Å². The lowest BCUT2D eigenvalue weighted by atomic mass is 10.1.